The number of amides is 1. The zero-order chi connectivity index (χ0) is 15.3. The van der Waals surface area contributed by atoms with E-state index in [1.165, 1.54) is 12.5 Å². The molecule has 4 heteroatoms. The van der Waals surface area contributed by atoms with Crippen molar-refractivity contribution in [3.63, 3.8) is 0 Å². The van der Waals surface area contributed by atoms with Crippen molar-refractivity contribution in [1.82, 2.24) is 5.43 Å². The van der Waals surface area contributed by atoms with Crippen LogP contribution in [0.4, 0.5) is 0 Å². The van der Waals surface area contributed by atoms with E-state index >= 15 is 0 Å². The van der Waals surface area contributed by atoms with Crippen molar-refractivity contribution in [3.05, 3.63) is 29.8 Å². The number of nitrogens with one attached hydrogen (secondary N) is 1. The summed E-state index contributed by atoms with van der Waals surface area (Å²) in [7, 11) is 0. The highest BCUT2D eigenvalue weighted by molar-refractivity contribution is 5.99. The summed E-state index contributed by atoms with van der Waals surface area (Å²) in [5, 5.41) is 14.1. The van der Waals surface area contributed by atoms with Crippen molar-refractivity contribution in [2.24, 2.45) is 21.8 Å². The summed E-state index contributed by atoms with van der Waals surface area (Å²) in [6.07, 6.45) is 3.34. The van der Waals surface area contributed by atoms with Crippen molar-refractivity contribution in [1.29, 1.82) is 0 Å². The lowest BCUT2D eigenvalue weighted by Gasteiger charge is -2.34. The smallest absolute Gasteiger partial charge is 0.275 e. The number of fused-ring (bicyclic) bond motifs is 2. The van der Waals surface area contributed by atoms with Gasteiger partial charge in [-0.2, -0.15) is 5.10 Å². The number of carbonyl (C=O) groups is 1. The molecule has 1 aromatic rings. The Labute approximate surface area is 125 Å². The van der Waals surface area contributed by atoms with Gasteiger partial charge in [0.2, 0.25) is 0 Å². The largest absolute Gasteiger partial charge is 0.507 e. The number of hydrogen-bond donors (Lipinski definition) is 2. The number of aromatic hydroxyl groups is 1. The molecule has 112 valence electrons. The normalized spacial score (nSPS) is 31.6. The van der Waals surface area contributed by atoms with E-state index < -0.39 is 0 Å². The topological polar surface area (TPSA) is 61.7 Å². The Bertz CT molecular complexity index is 621. The summed E-state index contributed by atoms with van der Waals surface area (Å²) < 4.78 is 0. The standard InChI is InChI=1S/C17H22N2O2/c1-16(2)11-8-9-17(16,3)14(10-11)18-19-15(21)12-6-4-5-7-13(12)20/h4-7,11,20H,8-10H2,1-3H3,(H,19,21)/b18-14+/t11-,17-/m0/s1. The maximum absolute atomic E-state index is 12.1. The predicted molar refractivity (Wildman–Crippen MR) is 82.2 cm³/mol. The molecule has 21 heavy (non-hydrogen) atoms. The van der Waals surface area contributed by atoms with Crippen LogP contribution in [0.25, 0.3) is 0 Å². The SMILES string of the molecule is CC1(C)[C@H]2CC[C@@]1(C)/C(=N/NC(=O)c1ccccc1O)C2. The van der Waals surface area contributed by atoms with E-state index in [0.29, 0.717) is 5.92 Å². The molecule has 0 unspecified atom stereocenters. The summed E-state index contributed by atoms with van der Waals surface area (Å²) >= 11 is 0. The molecule has 2 aliphatic rings. The monoisotopic (exact) mass is 286 g/mol. The van der Waals surface area contributed by atoms with Crippen LogP contribution in [0.15, 0.2) is 29.4 Å². The highest BCUT2D eigenvalue weighted by Crippen LogP contribution is 2.63. The maximum Gasteiger partial charge on any atom is 0.275 e. The third kappa shape index (κ3) is 1.96. The van der Waals surface area contributed by atoms with Crippen LogP contribution >= 0.6 is 0 Å². The second-order valence-electron chi connectivity index (χ2n) is 7.01. The molecular weight excluding hydrogens is 264 g/mol. The van der Waals surface area contributed by atoms with Gasteiger partial charge in [0.1, 0.15) is 5.75 Å². The lowest BCUT2D eigenvalue weighted by molar-refractivity contribution is 0.0951. The second-order valence-corrected chi connectivity index (χ2v) is 7.01. The second kappa shape index (κ2) is 4.58. The molecule has 1 amide bonds. The third-order valence-electron chi connectivity index (χ3n) is 5.95. The van der Waals surface area contributed by atoms with Crippen molar-refractivity contribution < 1.29 is 9.90 Å². The maximum atomic E-state index is 12.1. The van der Waals surface area contributed by atoms with Gasteiger partial charge in [-0.05, 0) is 42.7 Å². The van der Waals surface area contributed by atoms with Gasteiger partial charge in [-0.25, -0.2) is 5.43 Å². The molecule has 2 atom stereocenters. The first-order chi connectivity index (χ1) is 9.86. The molecule has 2 aliphatic carbocycles. The lowest BCUT2D eigenvalue weighted by Crippen LogP contribution is -2.34. The van der Waals surface area contributed by atoms with Crippen molar-refractivity contribution >= 4 is 11.6 Å². The van der Waals surface area contributed by atoms with Gasteiger partial charge < -0.3 is 5.11 Å². The zero-order valence-corrected chi connectivity index (χ0v) is 12.8. The fourth-order valence-corrected chi connectivity index (χ4v) is 3.94. The Hall–Kier alpha value is -1.84. The summed E-state index contributed by atoms with van der Waals surface area (Å²) in [5.74, 6) is 0.280. The van der Waals surface area contributed by atoms with Crippen LogP contribution in [-0.4, -0.2) is 16.7 Å². The summed E-state index contributed by atoms with van der Waals surface area (Å²) in [6, 6.07) is 6.52. The van der Waals surface area contributed by atoms with E-state index in [4.69, 9.17) is 0 Å². The molecule has 4 nitrogen and oxygen atoms in total. The molecule has 0 aliphatic heterocycles. The minimum atomic E-state index is -0.357. The molecule has 2 bridgehead atoms. The average molecular weight is 286 g/mol. The molecule has 2 N–H and O–H groups in total. The summed E-state index contributed by atoms with van der Waals surface area (Å²) in [6.45, 7) is 6.86. The molecule has 2 saturated carbocycles. The van der Waals surface area contributed by atoms with Crippen LogP contribution < -0.4 is 5.43 Å². The van der Waals surface area contributed by atoms with Crippen molar-refractivity contribution in [3.8, 4) is 5.75 Å². The Balaban J connectivity index is 1.79. The highest BCUT2D eigenvalue weighted by atomic mass is 16.3. The number of benzene rings is 1. The molecule has 0 aromatic heterocycles. The molecular formula is C17H22N2O2. The van der Waals surface area contributed by atoms with Gasteiger partial charge in [0, 0.05) is 11.1 Å². The fourth-order valence-electron chi connectivity index (χ4n) is 3.94. The van der Waals surface area contributed by atoms with E-state index in [-0.39, 0.29) is 28.1 Å². The number of carbonyl (C=O) groups excluding carboxylic acids is 1. The quantitative estimate of drug-likeness (QED) is 0.819. The Morgan fingerprint density at radius 3 is 2.62 bits per heavy atom. The van der Waals surface area contributed by atoms with Crippen LogP contribution in [0.3, 0.4) is 0 Å². The highest BCUT2D eigenvalue weighted by Gasteiger charge is 2.60. The third-order valence-corrected chi connectivity index (χ3v) is 5.95. The van der Waals surface area contributed by atoms with Gasteiger partial charge in [0.25, 0.3) is 5.91 Å². The van der Waals surface area contributed by atoms with E-state index in [1.54, 1.807) is 18.2 Å². The zero-order valence-electron chi connectivity index (χ0n) is 12.8. The van der Waals surface area contributed by atoms with Gasteiger partial charge in [-0.3, -0.25) is 4.79 Å². The van der Waals surface area contributed by atoms with E-state index in [2.05, 4.69) is 31.3 Å². The molecule has 0 spiro atoms. The minimum Gasteiger partial charge on any atom is -0.507 e. The van der Waals surface area contributed by atoms with E-state index in [1.807, 2.05) is 0 Å². The number of para-hydroxylation sites is 1. The summed E-state index contributed by atoms with van der Waals surface area (Å²) in [5.41, 5.74) is 4.28. The van der Waals surface area contributed by atoms with Gasteiger partial charge >= 0.3 is 0 Å². The first kappa shape index (κ1) is 14.1. The van der Waals surface area contributed by atoms with Crippen LogP contribution in [-0.2, 0) is 0 Å². The Kier molecular flexibility index (Phi) is 3.08. The Morgan fingerprint density at radius 1 is 1.33 bits per heavy atom. The van der Waals surface area contributed by atoms with Crippen LogP contribution in [0.2, 0.25) is 0 Å². The molecule has 2 fully saturated rings. The van der Waals surface area contributed by atoms with Crippen molar-refractivity contribution in [2.45, 2.75) is 40.0 Å². The van der Waals surface area contributed by atoms with Crippen LogP contribution in [0, 0.1) is 16.7 Å². The molecule has 3 rings (SSSR count). The number of hydrazone groups is 1. The lowest BCUT2D eigenvalue weighted by atomic mass is 9.70. The average Bonchev–Trinajstić information content (AvgIpc) is 2.78. The number of hydrogen-bond acceptors (Lipinski definition) is 3. The van der Waals surface area contributed by atoms with Crippen LogP contribution in [0.5, 0.6) is 5.75 Å². The minimum absolute atomic E-state index is 0.0188. The van der Waals surface area contributed by atoms with Gasteiger partial charge in [0.05, 0.1) is 5.56 Å². The molecule has 0 radical (unpaired) electrons. The first-order valence-electron chi connectivity index (χ1n) is 7.51. The number of phenolic OH excluding ortho intramolecular Hbond substituents is 1. The first-order valence-corrected chi connectivity index (χ1v) is 7.51. The fraction of sp³-hybridized carbons (Fsp3) is 0.529. The molecule has 0 heterocycles. The molecule has 1 aromatic carbocycles. The Morgan fingerprint density at radius 2 is 2.05 bits per heavy atom. The van der Waals surface area contributed by atoms with Gasteiger partial charge in [0.15, 0.2) is 0 Å². The molecule has 0 saturated heterocycles. The predicted octanol–water partition coefficient (Wildman–Crippen LogP) is 3.32. The number of phenols is 1. The number of rotatable bonds is 2. The van der Waals surface area contributed by atoms with E-state index in [9.17, 15) is 9.90 Å². The van der Waals surface area contributed by atoms with Gasteiger partial charge in [-0.15, -0.1) is 0 Å². The van der Waals surface area contributed by atoms with Crippen molar-refractivity contribution in [2.75, 3.05) is 0 Å². The number of nitrogens with zero attached hydrogens (tertiary/aromatic N) is 1. The van der Waals surface area contributed by atoms with E-state index in [0.717, 1.165) is 18.6 Å². The summed E-state index contributed by atoms with van der Waals surface area (Å²) in [4.78, 5) is 12.1. The van der Waals surface area contributed by atoms with Crippen LogP contribution in [0.1, 0.15) is 50.4 Å². The van der Waals surface area contributed by atoms with Gasteiger partial charge in [-0.1, -0.05) is 32.9 Å².